The summed E-state index contributed by atoms with van der Waals surface area (Å²) in [5, 5.41) is 5.15. The van der Waals surface area contributed by atoms with Crippen LogP contribution in [0.5, 0.6) is 0 Å². The summed E-state index contributed by atoms with van der Waals surface area (Å²) >= 11 is 0. The van der Waals surface area contributed by atoms with E-state index in [2.05, 4.69) is 42.2 Å². The minimum absolute atomic E-state index is 0.0818. The number of hydrogen-bond donors (Lipinski definition) is 1. The summed E-state index contributed by atoms with van der Waals surface area (Å²) in [6.45, 7) is 3.38. The van der Waals surface area contributed by atoms with Gasteiger partial charge >= 0.3 is 0 Å². The monoisotopic (exact) mass is 424 g/mol. The number of piperazine rings is 1. The first kappa shape index (κ1) is 19.9. The zero-order chi connectivity index (χ0) is 21.8. The number of fused-ring (bicyclic) bond motifs is 1. The molecule has 1 aliphatic heterocycles. The van der Waals surface area contributed by atoms with Crippen LogP contribution in [0.4, 0.5) is 17.5 Å². The molecular weight excluding hydrogens is 400 g/mol. The van der Waals surface area contributed by atoms with Crippen LogP contribution in [-0.2, 0) is 11.2 Å². The SMILES string of the molecule is O=C(Cc1cccc2ccccc12)Nc1cnc(N2CCN(c3ccccn3)CC2)nc1. The molecule has 1 saturated heterocycles. The highest BCUT2D eigenvalue weighted by Crippen LogP contribution is 2.20. The molecule has 0 radical (unpaired) electrons. The molecule has 4 aromatic rings. The Morgan fingerprint density at radius 1 is 0.812 bits per heavy atom. The number of aromatic nitrogens is 3. The van der Waals surface area contributed by atoms with Gasteiger partial charge in [0, 0.05) is 32.4 Å². The van der Waals surface area contributed by atoms with Gasteiger partial charge in [-0.3, -0.25) is 4.79 Å². The lowest BCUT2D eigenvalue weighted by atomic mass is 10.0. The number of nitrogens with one attached hydrogen (secondary N) is 1. The third-order valence-electron chi connectivity index (χ3n) is 5.69. The van der Waals surface area contributed by atoms with Crippen molar-refractivity contribution in [2.45, 2.75) is 6.42 Å². The summed E-state index contributed by atoms with van der Waals surface area (Å²) in [6.07, 6.45) is 5.47. The number of hydrogen-bond acceptors (Lipinski definition) is 6. The highest BCUT2D eigenvalue weighted by Gasteiger charge is 2.19. The smallest absolute Gasteiger partial charge is 0.228 e. The topological polar surface area (TPSA) is 74.2 Å². The van der Waals surface area contributed by atoms with Gasteiger partial charge in [-0.25, -0.2) is 15.0 Å². The van der Waals surface area contributed by atoms with Crippen LogP contribution in [0.25, 0.3) is 10.8 Å². The molecule has 2 aromatic heterocycles. The fourth-order valence-corrected chi connectivity index (χ4v) is 4.05. The van der Waals surface area contributed by atoms with Crippen molar-refractivity contribution in [3.63, 3.8) is 0 Å². The second-order valence-corrected chi connectivity index (χ2v) is 7.80. The van der Waals surface area contributed by atoms with Crippen LogP contribution in [0.1, 0.15) is 5.56 Å². The predicted molar refractivity (Wildman–Crippen MR) is 127 cm³/mol. The fraction of sp³-hybridized carbons (Fsp3) is 0.200. The van der Waals surface area contributed by atoms with E-state index < -0.39 is 0 Å². The Kier molecular flexibility index (Phi) is 5.61. The molecule has 160 valence electrons. The summed E-state index contributed by atoms with van der Waals surface area (Å²) in [5.74, 6) is 1.59. The van der Waals surface area contributed by atoms with Crippen LogP contribution >= 0.6 is 0 Å². The van der Waals surface area contributed by atoms with E-state index in [-0.39, 0.29) is 5.91 Å². The molecular formula is C25H24N6O. The third kappa shape index (κ3) is 4.37. The van der Waals surface area contributed by atoms with Crippen LogP contribution in [-0.4, -0.2) is 47.0 Å². The van der Waals surface area contributed by atoms with Crippen molar-refractivity contribution in [1.82, 2.24) is 15.0 Å². The van der Waals surface area contributed by atoms with Crippen molar-refractivity contribution in [3.8, 4) is 0 Å². The number of benzene rings is 2. The van der Waals surface area contributed by atoms with Crippen LogP contribution in [0, 0.1) is 0 Å². The highest BCUT2D eigenvalue weighted by atomic mass is 16.1. The third-order valence-corrected chi connectivity index (χ3v) is 5.69. The molecule has 3 heterocycles. The Hall–Kier alpha value is -4.00. The van der Waals surface area contributed by atoms with Gasteiger partial charge in [0.2, 0.25) is 11.9 Å². The lowest BCUT2D eigenvalue weighted by Crippen LogP contribution is -2.47. The molecule has 0 aliphatic carbocycles. The van der Waals surface area contributed by atoms with E-state index in [0.717, 1.165) is 48.3 Å². The number of amides is 1. The van der Waals surface area contributed by atoms with Gasteiger partial charge in [-0.1, -0.05) is 48.5 Å². The maximum atomic E-state index is 12.6. The van der Waals surface area contributed by atoms with Crippen molar-refractivity contribution < 1.29 is 4.79 Å². The summed E-state index contributed by atoms with van der Waals surface area (Å²) in [5.41, 5.74) is 1.61. The number of rotatable bonds is 5. The molecule has 0 atom stereocenters. The highest BCUT2D eigenvalue weighted by molar-refractivity contribution is 5.96. The summed E-state index contributed by atoms with van der Waals surface area (Å²) < 4.78 is 0. The van der Waals surface area contributed by atoms with Gasteiger partial charge < -0.3 is 15.1 Å². The molecule has 1 amide bonds. The van der Waals surface area contributed by atoms with E-state index in [1.165, 1.54) is 0 Å². The van der Waals surface area contributed by atoms with Gasteiger partial charge in [-0.05, 0) is 28.5 Å². The molecule has 7 heteroatoms. The van der Waals surface area contributed by atoms with Crippen molar-refractivity contribution in [3.05, 3.63) is 84.8 Å². The van der Waals surface area contributed by atoms with Crippen LogP contribution in [0.15, 0.2) is 79.3 Å². The first-order chi connectivity index (χ1) is 15.8. The average molecular weight is 425 g/mol. The number of anilines is 3. The minimum Gasteiger partial charge on any atom is -0.353 e. The summed E-state index contributed by atoms with van der Waals surface area (Å²) in [6, 6.07) is 20.1. The molecule has 7 nitrogen and oxygen atoms in total. The quantitative estimate of drug-likeness (QED) is 0.528. The Morgan fingerprint density at radius 2 is 1.53 bits per heavy atom. The molecule has 1 N–H and O–H groups in total. The Bertz CT molecular complexity index is 1200. The standard InChI is InChI=1S/C25H24N6O/c32-24(16-20-8-5-7-19-6-1-2-9-22(19)20)29-21-17-27-25(28-18-21)31-14-12-30(13-15-31)23-10-3-4-11-26-23/h1-11,17-18H,12-16H2,(H,29,32). The van der Waals surface area contributed by atoms with E-state index in [1.807, 2.05) is 54.7 Å². The van der Waals surface area contributed by atoms with Crippen LogP contribution in [0.3, 0.4) is 0 Å². The van der Waals surface area contributed by atoms with Gasteiger partial charge in [0.05, 0.1) is 24.5 Å². The maximum absolute atomic E-state index is 12.6. The zero-order valence-corrected chi connectivity index (χ0v) is 17.7. The number of nitrogens with zero attached hydrogens (tertiary/aromatic N) is 5. The lowest BCUT2D eigenvalue weighted by molar-refractivity contribution is -0.115. The van der Waals surface area contributed by atoms with Gasteiger partial charge in [-0.15, -0.1) is 0 Å². The molecule has 0 spiro atoms. The number of pyridine rings is 1. The molecule has 1 aliphatic rings. The Labute approximate surface area is 186 Å². The zero-order valence-electron chi connectivity index (χ0n) is 17.7. The van der Waals surface area contributed by atoms with Crippen molar-refractivity contribution in [2.75, 3.05) is 41.3 Å². The van der Waals surface area contributed by atoms with Gasteiger partial charge in [-0.2, -0.15) is 0 Å². The predicted octanol–water partition coefficient (Wildman–Crippen LogP) is 3.53. The molecule has 0 unspecified atom stereocenters. The largest absolute Gasteiger partial charge is 0.353 e. The number of carbonyl (C=O) groups is 1. The normalized spacial score (nSPS) is 13.9. The molecule has 32 heavy (non-hydrogen) atoms. The Morgan fingerprint density at radius 3 is 2.31 bits per heavy atom. The summed E-state index contributed by atoms with van der Waals surface area (Å²) in [4.78, 5) is 30.4. The van der Waals surface area contributed by atoms with E-state index in [4.69, 9.17) is 0 Å². The van der Waals surface area contributed by atoms with Gasteiger partial charge in [0.25, 0.3) is 0 Å². The first-order valence-electron chi connectivity index (χ1n) is 10.8. The summed E-state index contributed by atoms with van der Waals surface area (Å²) in [7, 11) is 0. The fourth-order valence-electron chi connectivity index (χ4n) is 4.05. The molecule has 1 fully saturated rings. The van der Waals surface area contributed by atoms with Gasteiger partial charge in [0.15, 0.2) is 0 Å². The lowest BCUT2D eigenvalue weighted by Gasteiger charge is -2.35. The van der Waals surface area contributed by atoms with E-state index in [1.54, 1.807) is 12.4 Å². The average Bonchev–Trinajstić information content (AvgIpc) is 2.85. The first-order valence-corrected chi connectivity index (χ1v) is 10.8. The number of carbonyl (C=O) groups excluding carboxylic acids is 1. The second kappa shape index (κ2) is 9.01. The molecule has 5 rings (SSSR count). The minimum atomic E-state index is -0.0818. The maximum Gasteiger partial charge on any atom is 0.228 e. The van der Waals surface area contributed by atoms with E-state index in [9.17, 15) is 4.79 Å². The molecule has 0 saturated carbocycles. The van der Waals surface area contributed by atoms with Crippen molar-refractivity contribution in [1.29, 1.82) is 0 Å². The van der Waals surface area contributed by atoms with Crippen molar-refractivity contribution >= 4 is 34.1 Å². The van der Waals surface area contributed by atoms with Crippen molar-refractivity contribution in [2.24, 2.45) is 0 Å². The van der Waals surface area contributed by atoms with Crippen LogP contribution < -0.4 is 15.1 Å². The van der Waals surface area contributed by atoms with E-state index in [0.29, 0.717) is 18.1 Å². The van der Waals surface area contributed by atoms with Gasteiger partial charge in [0.1, 0.15) is 5.82 Å². The Balaban J connectivity index is 1.18. The molecule has 0 bridgehead atoms. The molecule has 2 aromatic carbocycles. The van der Waals surface area contributed by atoms with E-state index >= 15 is 0 Å². The second-order valence-electron chi connectivity index (χ2n) is 7.80. The van der Waals surface area contributed by atoms with Crippen LogP contribution in [0.2, 0.25) is 0 Å².